The molecule has 2 aliphatic heterocycles. The molecule has 176 valence electrons. The van der Waals surface area contributed by atoms with Crippen LogP contribution in [-0.4, -0.2) is 91.6 Å². The smallest absolute Gasteiger partial charge is 0.475 e. The van der Waals surface area contributed by atoms with E-state index in [0.29, 0.717) is 17.9 Å². The van der Waals surface area contributed by atoms with Gasteiger partial charge in [0.25, 0.3) is 5.91 Å². The van der Waals surface area contributed by atoms with Crippen LogP contribution in [0.4, 0.5) is 13.2 Å². The molecule has 0 saturated carbocycles. The number of carbonyl (C=O) groups excluding carboxylic acids is 1. The summed E-state index contributed by atoms with van der Waals surface area (Å²) in [5.74, 6) is -2.00. The van der Waals surface area contributed by atoms with Gasteiger partial charge in [-0.25, -0.2) is 4.79 Å². The highest BCUT2D eigenvalue weighted by Crippen LogP contribution is 2.33. The highest BCUT2D eigenvalue weighted by molar-refractivity contribution is 5.95. The topological polar surface area (TPSA) is 92.5 Å². The maximum atomic E-state index is 12.7. The zero-order chi connectivity index (χ0) is 23.2. The van der Waals surface area contributed by atoms with Crippen molar-refractivity contribution in [3.8, 4) is 0 Å². The maximum absolute atomic E-state index is 12.7. The third-order valence-electron chi connectivity index (χ3n) is 5.21. The first-order valence-electron chi connectivity index (χ1n) is 10.0. The molecule has 3 atom stereocenters. The van der Waals surface area contributed by atoms with Crippen LogP contribution in [0.1, 0.15) is 35.4 Å². The van der Waals surface area contributed by atoms with Gasteiger partial charge < -0.3 is 28.8 Å². The lowest BCUT2D eigenvalue weighted by Crippen LogP contribution is -2.46. The van der Waals surface area contributed by atoms with Crippen molar-refractivity contribution in [1.82, 2.24) is 9.80 Å². The van der Waals surface area contributed by atoms with Gasteiger partial charge in [0.2, 0.25) is 0 Å². The summed E-state index contributed by atoms with van der Waals surface area (Å²) >= 11 is 0. The number of carbonyl (C=O) groups is 2. The van der Waals surface area contributed by atoms with E-state index in [4.69, 9.17) is 23.8 Å². The number of aryl methyl sites for hydroxylation is 1. The largest absolute Gasteiger partial charge is 0.490 e. The molecule has 31 heavy (non-hydrogen) atoms. The number of ether oxygens (including phenoxy) is 2. The Morgan fingerprint density at radius 3 is 2.52 bits per heavy atom. The normalized spacial score (nSPS) is 23.3. The number of carboxylic acid groups (broad SMARTS) is 1. The number of aliphatic carboxylic acids is 1. The fourth-order valence-corrected chi connectivity index (χ4v) is 3.60. The Hall–Kier alpha value is -2.11. The molecule has 2 saturated heterocycles. The van der Waals surface area contributed by atoms with E-state index in [-0.39, 0.29) is 24.2 Å². The average Bonchev–Trinajstić information content (AvgIpc) is 3.30. The van der Waals surface area contributed by atoms with Gasteiger partial charge in [0.1, 0.15) is 5.76 Å². The number of halogens is 3. The number of hydrogen-bond donors (Lipinski definition) is 1. The van der Waals surface area contributed by atoms with Crippen LogP contribution in [0.3, 0.4) is 0 Å². The first-order valence-corrected chi connectivity index (χ1v) is 10.0. The monoisotopic (exact) mass is 450 g/mol. The first-order chi connectivity index (χ1) is 14.5. The minimum absolute atomic E-state index is 0.0676. The molecule has 0 aliphatic carbocycles. The number of fused-ring (bicyclic) bond motifs is 1. The summed E-state index contributed by atoms with van der Waals surface area (Å²) < 4.78 is 48.9. The third kappa shape index (κ3) is 7.22. The molecule has 1 N–H and O–H groups in total. The van der Waals surface area contributed by atoms with Gasteiger partial charge in [-0.1, -0.05) is 0 Å². The molecular weight excluding hydrogens is 421 g/mol. The Balaban J connectivity index is 0.000000423. The molecular formula is C20H29F3N2O6. The van der Waals surface area contributed by atoms with Crippen molar-refractivity contribution in [3.63, 3.8) is 0 Å². The van der Waals surface area contributed by atoms with Gasteiger partial charge in [-0.15, -0.1) is 0 Å². The summed E-state index contributed by atoms with van der Waals surface area (Å²) in [6.45, 7) is 4.88. The molecule has 0 unspecified atom stereocenters. The minimum Gasteiger partial charge on any atom is -0.475 e. The van der Waals surface area contributed by atoms with Crippen molar-refractivity contribution in [2.75, 3.05) is 40.4 Å². The van der Waals surface area contributed by atoms with Crippen LogP contribution >= 0.6 is 0 Å². The number of likely N-dealkylation sites (tertiary alicyclic amines) is 1. The Morgan fingerprint density at radius 2 is 1.97 bits per heavy atom. The second-order valence-corrected chi connectivity index (χ2v) is 7.80. The number of nitrogens with zero attached hydrogens (tertiary/aromatic N) is 2. The van der Waals surface area contributed by atoms with E-state index < -0.39 is 12.1 Å². The molecule has 3 rings (SSSR count). The van der Waals surface area contributed by atoms with Crippen LogP contribution in [-0.2, 0) is 14.3 Å². The lowest BCUT2D eigenvalue weighted by molar-refractivity contribution is -0.192. The maximum Gasteiger partial charge on any atom is 0.490 e. The molecule has 0 spiro atoms. The second-order valence-electron chi connectivity index (χ2n) is 7.80. The predicted molar refractivity (Wildman–Crippen MR) is 104 cm³/mol. The Kier molecular flexibility index (Phi) is 8.90. The van der Waals surface area contributed by atoms with Gasteiger partial charge in [-0.3, -0.25) is 4.79 Å². The fraction of sp³-hybridized carbons (Fsp3) is 0.700. The van der Waals surface area contributed by atoms with Crippen LogP contribution in [0, 0.1) is 6.92 Å². The van der Waals surface area contributed by atoms with E-state index in [2.05, 4.69) is 4.90 Å². The molecule has 1 aromatic rings. The predicted octanol–water partition coefficient (Wildman–Crippen LogP) is 2.56. The molecule has 0 radical (unpaired) electrons. The van der Waals surface area contributed by atoms with E-state index >= 15 is 0 Å². The summed E-state index contributed by atoms with van der Waals surface area (Å²) in [7, 11) is 4.08. The number of amides is 1. The van der Waals surface area contributed by atoms with Crippen LogP contribution in [0.25, 0.3) is 0 Å². The molecule has 11 heteroatoms. The summed E-state index contributed by atoms with van der Waals surface area (Å²) in [5.41, 5.74) is 0.671. The van der Waals surface area contributed by atoms with E-state index in [1.165, 1.54) is 0 Å². The molecule has 2 fully saturated rings. The number of hydrogen-bond acceptors (Lipinski definition) is 6. The van der Waals surface area contributed by atoms with Gasteiger partial charge in [0, 0.05) is 13.1 Å². The van der Waals surface area contributed by atoms with Crippen molar-refractivity contribution >= 4 is 11.9 Å². The lowest BCUT2D eigenvalue weighted by Gasteiger charge is -2.35. The van der Waals surface area contributed by atoms with Crippen molar-refractivity contribution < 1.29 is 41.8 Å². The van der Waals surface area contributed by atoms with Crippen molar-refractivity contribution in [2.45, 2.75) is 50.6 Å². The second kappa shape index (κ2) is 11.0. The summed E-state index contributed by atoms with van der Waals surface area (Å²) in [5, 5.41) is 7.12. The molecule has 1 aromatic heterocycles. The average molecular weight is 450 g/mol. The van der Waals surface area contributed by atoms with Gasteiger partial charge in [0.15, 0.2) is 0 Å². The summed E-state index contributed by atoms with van der Waals surface area (Å²) in [6.07, 6.45) is -0.390. The first kappa shape index (κ1) is 25.2. The fourth-order valence-electron chi connectivity index (χ4n) is 3.60. The van der Waals surface area contributed by atoms with Crippen molar-refractivity contribution in [2.24, 2.45) is 0 Å². The SMILES string of the molecule is Cc1occc1C(=O)N1CC[C@@H]2O[C@H](COCCN(C)C)CC[C@@H]21.O=C(O)C(F)(F)F. The van der Waals surface area contributed by atoms with Crippen LogP contribution < -0.4 is 0 Å². The Morgan fingerprint density at radius 1 is 1.29 bits per heavy atom. The van der Waals surface area contributed by atoms with Crippen molar-refractivity contribution in [3.05, 3.63) is 23.7 Å². The molecule has 3 heterocycles. The van der Waals surface area contributed by atoms with E-state index in [1.807, 2.05) is 25.9 Å². The summed E-state index contributed by atoms with van der Waals surface area (Å²) in [4.78, 5) is 25.7. The molecule has 0 aromatic carbocycles. The Labute approximate surface area is 178 Å². The minimum atomic E-state index is -5.08. The molecule has 1 amide bonds. The number of likely N-dealkylation sites (N-methyl/N-ethyl adjacent to an activating group) is 1. The highest BCUT2D eigenvalue weighted by atomic mass is 19.4. The van der Waals surface area contributed by atoms with Crippen LogP contribution in [0.2, 0.25) is 0 Å². The van der Waals surface area contributed by atoms with Crippen LogP contribution in [0.15, 0.2) is 16.7 Å². The van der Waals surface area contributed by atoms with Crippen LogP contribution in [0.5, 0.6) is 0 Å². The highest BCUT2D eigenvalue weighted by Gasteiger charge is 2.42. The zero-order valence-electron chi connectivity index (χ0n) is 17.9. The molecule has 2 aliphatic rings. The van der Waals surface area contributed by atoms with E-state index in [1.54, 1.807) is 12.3 Å². The lowest BCUT2D eigenvalue weighted by atomic mass is 9.99. The Bertz CT molecular complexity index is 737. The van der Waals surface area contributed by atoms with Crippen molar-refractivity contribution in [1.29, 1.82) is 0 Å². The number of carboxylic acids is 1. The zero-order valence-corrected chi connectivity index (χ0v) is 17.9. The summed E-state index contributed by atoms with van der Waals surface area (Å²) in [6, 6.07) is 1.95. The van der Waals surface area contributed by atoms with Gasteiger partial charge >= 0.3 is 12.1 Å². The number of furan rings is 1. The molecule has 8 nitrogen and oxygen atoms in total. The standard InChI is InChI=1S/C18H28N2O4.C2HF3O2/c1-13-15(7-10-23-13)18(21)20-8-6-17-16(20)5-4-14(24-17)12-22-11-9-19(2)3;3-2(4,5)1(6)7/h7,10,14,16-17H,4-6,8-9,11-12H2,1-3H3;(H,6,7)/t14-,16-,17-;/m0./s1. The van der Waals surface area contributed by atoms with Gasteiger partial charge in [-0.2, -0.15) is 13.2 Å². The quantitative estimate of drug-likeness (QED) is 0.666. The third-order valence-corrected chi connectivity index (χ3v) is 5.21. The van der Waals surface area contributed by atoms with E-state index in [9.17, 15) is 18.0 Å². The molecule has 0 bridgehead atoms. The number of rotatable bonds is 6. The number of alkyl halides is 3. The van der Waals surface area contributed by atoms with Gasteiger partial charge in [-0.05, 0) is 46.3 Å². The van der Waals surface area contributed by atoms with Gasteiger partial charge in [0.05, 0.1) is 43.3 Å². The van der Waals surface area contributed by atoms with E-state index in [0.717, 1.165) is 39.0 Å².